The molecule has 0 saturated heterocycles. The van der Waals surface area contributed by atoms with E-state index in [9.17, 15) is 0 Å². The van der Waals surface area contributed by atoms with Crippen LogP contribution in [0.15, 0.2) is 34.9 Å². The van der Waals surface area contributed by atoms with Gasteiger partial charge in [0, 0.05) is 30.6 Å². The number of hydrogen-bond acceptors (Lipinski definition) is 5. The average molecular weight is 285 g/mol. The Hall–Kier alpha value is -2.14. The van der Waals surface area contributed by atoms with Gasteiger partial charge in [-0.3, -0.25) is 0 Å². The first-order chi connectivity index (χ1) is 10.3. The van der Waals surface area contributed by atoms with E-state index < -0.39 is 0 Å². The van der Waals surface area contributed by atoms with Crippen molar-refractivity contribution in [3.63, 3.8) is 0 Å². The van der Waals surface area contributed by atoms with Crippen LogP contribution in [0, 0.1) is 0 Å². The summed E-state index contributed by atoms with van der Waals surface area (Å²) < 4.78 is 10.8. The van der Waals surface area contributed by atoms with Crippen LogP contribution in [0.5, 0.6) is 5.75 Å². The minimum absolute atomic E-state index is 0.608. The maximum atomic E-state index is 5.40. The fourth-order valence-electron chi connectivity index (χ4n) is 2.52. The van der Waals surface area contributed by atoms with E-state index in [1.807, 2.05) is 24.3 Å². The zero-order valence-corrected chi connectivity index (χ0v) is 12.4. The smallest absolute Gasteiger partial charge is 0.254 e. The van der Waals surface area contributed by atoms with Crippen molar-refractivity contribution in [2.24, 2.45) is 0 Å². The van der Waals surface area contributed by atoms with Crippen molar-refractivity contribution in [1.29, 1.82) is 0 Å². The standard InChI is InChI=1S/C16H19N3O2/c1-19-9-5-7-13(11-19)16-17-15(18-21-16)10-12-6-3-4-8-14(12)20-2/h3-4,6-8H,5,9-11H2,1-2H3. The number of methoxy groups -OCH3 is 1. The van der Waals surface area contributed by atoms with E-state index in [1.165, 1.54) is 0 Å². The van der Waals surface area contributed by atoms with Gasteiger partial charge in [0.1, 0.15) is 5.75 Å². The summed E-state index contributed by atoms with van der Waals surface area (Å²) in [7, 11) is 3.77. The van der Waals surface area contributed by atoms with Gasteiger partial charge < -0.3 is 14.2 Å². The van der Waals surface area contributed by atoms with Gasteiger partial charge in [0.2, 0.25) is 0 Å². The van der Waals surface area contributed by atoms with E-state index in [4.69, 9.17) is 9.26 Å². The van der Waals surface area contributed by atoms with Gasteiger partial charge >= 0.3 is 0 Å². The van der Waals surface area contributed by atoms with Crippen LogP contribution in [0.2, 0.25) is 0 Å². The van der Waals surface area contributed by atoms with E-state index in [0.29, 0.717) is 18.1 Å². The van der Waals surface area contributed by atoms with Crippen molar-refractivity contribution in [1.82, 2.24) is 15.0 Å². The molecule has 21 heavy (non-hydrogen) atoms. The van der Waals surface area contributed by atoms with Gasteiger partial charge in [-0.25, -0.2) is 0 Å². The number of nitrogens with zero attached hydrogens (tertiary/aromatic N) is 3. The number of aromatic nitrogens is 2. The predicted octanol–water partition coefficient (Wildman–Crippen LogP) is 2.39. The Bertz CT molecular complexity index is 648. The largest absolute Gasteiger partial charge is 0.496 e. The second kappa shape index (κ2) is 6.10. The van der Waals surface area contributed by atoms with E-state index in [0.717, 1.165) is 36.4 Å². The molecule has 0 bridgehead atoms. The summed E-state index contributed by atoms with van der Waals surface area (Å²) in [6.07, 6.45) is 3.81. The summed E-state index contributed by atoms with van der Waals surface area (Å²) in [5.41, 5.74) is 2.17. The van der Waals surface area contributed by atoms with Crippen LogP contribution in [0.25, 0.3) is 5.57 Å². The Kier molecular flexibility index (Phi) is 4.01. The van der Waals surface area contributed by atoms with Gasteiger partial charge in [0.25, 0.3) is 5.89 Å². The Balaban J connectivity index is 1.78. The molecule has 0 amide bonds. The van der Waals surface area contributed by atoms with Crippen molar-refractivity contribution >= 4 is 5.57 Å². The Morgan fingerprint density at radius 2 is 2.19 bits per heavy atom. The normalized spacial score (nSPS) is 15.8. The zero-order chi connectivity index (χ0) is 14.7. The maximum Gasteiger partial charge on any atom is 0.254 e. The second-order valence-electron chi connectivity index (χ2n) is 5.26. The highest BCUT2D eigenvalue weighted by atomic mass is 16.5. The number of para-hydroxylation sites is 1. The van der Waals surface area contributed by atoms with Gasteiger partial charge in [0.15, 0.2) is 5.82 Å². The fraction of sp³-hybridized carbons (Fsp3) is 0.375. The first kappa shape index (κ1) is 13.8. The highest BCUT2D eigenvalue weighted by molar-refractivity contribution is 5.60. The fourth-order valence-corrected chi connectivity index (χ4v) is 2.52. The van der Waals surface area contributed by atoms with Crippen molar-refractivity contribution in [2.75, 3.05) is 27.2 Å². The average Bonchev–Trinajstić information content (AvgIpc) is 2.96. The molecule has 0 radical (unpaired) electrons. The molecule has 0 fully saturated rings. The molecule has 2 aromatic rings. The molecule has 0 N–H and O–H groups in total. The minimum atomic E-state index is 0.608. The molecule has 1 aliphatic heterocycles. The van der Waals surface area contributed by atoms with Crippen molar-refractivity contribution in [2.45, 2.75) is 12.8 Å². The lowest BCUT2D eigenvalue weighted by molar-refractivity contribution is 0.356. The lowest BCUT2D eigenvalue weighted by Crippen LogP contribution is -2.25. The zero-order valence-electron chi connectivity index (χ0n) is 12.4. The highest BCUT2D eigenvalue weighted by Crippen LogP contribution is 2.22. The molecule has 0 saturated carbocycles. The predicted molar refractivity (Wildman–Crippen MR) is 80.2 cm³/mol. The molecule has 1 aromatic heterocycles. The molecule has 5 nitrogen and oxygen atoms in total. The number of ether oxygens (including phenoxy) is 1. The number of hydrogen-bond donors (Lipinski definition) is 0. The number of benzene rings is 1. The highest BCUT2D eigenvalue weighted by Gasteiger charge is 2.17. The van der Waals surface area contributed by atoms with Crippen molar-refractivity contribution in [3.8, 4) is 5.75 Å². The number of likely N-dealkylation sites (N-methyl/N-ethyl adjacent to an activating group) is 1. The molecular weight excluding hydrogens is 266 g/mol. The van der Waals surface area contributed by atoms with Gasteiger partial charge in [-0.1, -0.05) is 29.4 Å². The van der Waals surface area contributed by atoms with Crippen LogP contribution in [-0.2, 0) is 6.42 Å². The SMILES string of the molecule is COc1ccccc1Cc1noc(C2=CCCN(C)C2)n1. The molecule has 0 aliphatic carbocycles. The van der Waals surface area contributed by atoms with Gasteiger partial charge in [-0.05, 0) is 19.5 Å². The Labute approximate surface area is 124 Å². The minimum Gasteiger partial charge on any atom is -0.496 e. The van der Waals surface area contributed by atoms with E-state index in [2.05, 4.69) is 28.2 Å². The van der Waals surface area contributed by atoms with Crippen LogP contribution < -0.4 is 4.74 Å². The number of rotatable bonds is 4. The molecule has 0 atom stereocenters. The Morgan fingerprint density at radius 1 is 1.33 bits per heavy atom. The van der Waals surface area contributed by atoms with Gasteiger partial charge in [-0.15, -0.1) is 0 Å². The third-order valence-electron chi connectivity index (χ3n) is 3.63. The van der Waals surface area contributed by atoms with E-state index >= 15 is 0 Å². The third-order valence-corrected chi connectivity index (χ3v) is 3.63. The van der Waals surface area contributed by atoms with Crippen LogP contribution in [0.1, 0.15) is 23.7 Å². The summed E-state index contributed by atoms with van der Waals surface area (Å²) in [5, 5.41) is 4.09. The van der Waals surface area contributed by atoms with E-state index in [1.54, 1.807) is 7.11 Å². The quantitative estimate of drug-likeness (QED) is 0.863. The molecule has 0 spiro atoms. The van der Waals surface area contributed by atoms with Crippen LogP contribution in [0.3, 0.4) is 0 Å². The van der Waals surface area contributed by atoms with Crippen molar-refractivity contribution in [3.05, 3.63) is 47.6 Å². The maximum absolute atomic E-state index is 5.40. The van der Waals surface area contributed by atoms with Crippen LogP contribution in [0.4, 0.5) is 0 Å². The second-order valence-corrected chi connectivity index (χ2v) is 5.26. The molecule has 0 unspecified atom stereocenters. The molecule has 1 aliphatic rings. The monoisotopic (exact) mass is 285 g/mol. The molecule has 1 aromatic carbocycles. The summed E-state index contributed by atoms with van der Waals surface area (Å²) in [5.74, 6) is 2.16. The summed E-state index contributed by atoms with van der Waals surface area (Å²) >= 11 is 0. The molecule has 110 valence electrons. The Morgan fingerprint density at radius 3 is 3.00 bits per heavy atom. The summed E-state index contributed by atoms with van der Waals surface area (Å²) in [6.45, 7) is 1.93. The van der Waals surface area contributed by atoms with E-state index in [-0.39, 0.29) is 0 Å². The van der Waals surface area contributed by atoms with Gasteiger partial charge in [0.05, 0.1) is 7.11 Å². The lowest BCUT2D eigenvalue weighted by Gasteiger charge is -2.20. The van der Waals surface area contributed by atoms with Crippen molar-refractivity contribution < 1.29 is 9.26 Å². The third kappa shape index (κ3) is 3.13. The first-order valence-corrected chi connectivity index (χ1v) is 7.08. The lowest BCUT2D eigenvalue weighted by atomic mass is 10.1. The summed E-state index contributed by atoms with van der Waals surface area (Å²) in [6, 6.07) is 7.89. The van der Waals surface area contributed by atoms with Gasteiger partial charge in [-0.2, -0.15) is 4.98 Å². The molecule has 3 rings (SSSR count). The molecule has 5 heteroatoms. The summed E-state index contributed by atoms with van der Waals surface area (Å²) in [4.78, 5) is 6.76. The van der Waals surface area contributed by atoms with Crippen LogP contribution in [-0.4, -0.2) is 42.3 Å². The molecular formula is C16H19N3O2. The molecule has 2 heterocycles. The van der Waals surface area contributed by atoms with Crippen LogP contribution >= 0.6 is 0 Å². The topological polar surface area (TPSA) is 51.4 Å². The first-order valence-electron chi connectivity index (χ1n) is 7.08.